The van der Waals surface area contributed by atoms with Gasteiger partial charge in [0.2, 0.25) is 0 Å². The zero-order valence-electron chi connectivity index (χ0n) is 8.34. The van der Waals surface area contributed by atoms with Gasteiger partial charge in [-0.05, 0) is 36.2 Å². The Balaban J connectivity index is 2.61. The summed E-state index contributed by atoms with van der Waals surface area (Å²) in [6.07, 6.45) is 5.86. The normalized spacial score (nSPS) is 9.93. The Morgan fingerprint density at radius 3 is 2.67 bits per heavy atom. The van der Waals surface area contributed by atoms with Gasteiger partial charge in [0.25, 0.3) is 0 Å². The van der Waals surface area contributed by atoms with Crippen molar-refractivity contribution >= 4 is 6.29 Å². The summed E-state index contributed by atoms with van der Waals surface area (Å²) in [5.41, 5.74) is 3.31. The Labute approximate surface area is 87.8 Å². The Hall–Kier alpha value is -2.03. The fraction of sp³-hybridized carbons (Fsp3) is 0.0833. The number of aldehydes is 1. The lowest BCUT2D eigenvalue weighted by atomic mass is 10.0. The van der Waals surface area contributed by atoms with Crippen LogP contribution in [-0.2, 0) is 0 Å². The van der Waals surface area contributed by atoms with E-state index >= 15 is 0 Å². The molecule has 0 aliphatic carbocycles. The van der Waals surface area contributed by atoms with Crippen molar-refractivity contribution in [2.24, 2.45) is 0 Å². The average molecular weight is 198 g/mol. The van der Waals surface area contributed by atoms with Crippen LogP contribution in [0.4, 0.5) is 0 Å². The van der Waals surface area contributed by atoms with Crippen molar-refractivity contribution in [1.82, 2.24) is 9.97 Å². The molecule has 0 atom stereocenters. The van der Waals surface area contributed by atoms with Gasteiger partial charge in [-0.3, -0.25) is 14.8 Å². The van der Waals surface area contributed by atoms with Crippen LogP contribution < -0.4 is 0 Å². The minimum absolute atomic E-state index is 0.465. The first kappa shape index (κ1) is 9.52. The van der Waals surface area contributed by atoms with Crippen molar-refractivity contribution in [3.05, 3.63) is 48.0 Å². The molecule has 15 heavy (non-hydrogen) atoms. The Kier molecular flexibility index (Phi) is 2.54. The van der Waals surface area contributed by atoms with Gasteiger partial charge in [-0.2, -0.15) is 0 Å². The summed E-state index contributed by atoms with van der Waals surface area (Å²) in [4.78, 5) is 18.9. The number of carbonyl (C=O) groups is 1. The van der Waals surface area contributed by atoms with E-state index in [-0.39, 0.29) is 0 Å². The van der Waals surface area contributed by atoms with Gasteiger partial charge in [0.1, 0.15) is 5.69 Å². The first-order valence-electron chi connectivity index (χ1n) is 4.63. The molecule has 0 aliphatic heterocycles. The zero-order valence-corrected chi connectivity index (χ0v) is 8.34. The molecule has 3 nitrogen and oxygen atoms in total. The Bertz CT molecular complexity index is 480. The molecular weight excluding hydrogens is 188 g/mol. The van der Waals surface area contributed by atoms with Crippen molar-refractivity contribution in [2.45, 2.75) is 6.92 Å². The van der Waals surface area contributed by atoms with Crippen LogP contribution in [0.1, 0.15) is 16.1 Å². The van der Waals surface area contributed by atoms with E-state index in [1.807, 2.05) is 25.1 Å². The first-order chi connectivity index (χ1) is 7.31. The van der Waals surface area contributed by atoms with Crippen LogP contribution in [0.25, 0.3) is 11.1 Å². The molecule has 2 rings (SSSR count). The Morgan fingerprint density at radius 1 is 1.27 bits per heavy atom. The van der Waals surface area contributed by atoms with E-state index in [1.165, 1.54) is 0 Å². The highest BCUT2D eigenvalue weighted by atomic mass is 16.1. The molecule has 0 saturated carbocycles. The lowest BCUT2D eigenvalue weighted by Crippen LogP contribution is -1.93. The van der Waals surface area contributed by atoms with Crippen molar-refractivity contribution in [3.63, 3.8) is 0 Å². The molecule has 3 heteroatoms. The fourth-order valence-electron chi connectivity index (χ4n) is 1.44. The summed E-state index contributed by atoms with van der Waals surface area (Å²) < 4.78 is 0. The van der Waals surface area contributed by atoms with Crippen LogP contribution in [0.3, 0.4) is 0 Å². The van der Waals surface area contributed by atoms with E-state index in [0.29, 0.717) is 5.69 Å². The average Bonchev–Trinajstić information content (AvgIpc) is 2.30. The van der Waals surface area contributed by atoms with Gasteiger partial charge in [0, 0.05) is 24.2 Å². The number of pyridine rings is 2. The molecule has 0 aromatic carbocycles. The molecule has 2 aromatic rings. The van der Waals surface area contributed by atoms with Gasteiger partial charge in [-0.15, -0.1) is 0 Å². The summed E-state index contributed by atoms with van der Waals surface area (Å²) in [5.74, 6) is 0. The van der Waals surface area contributed by atoms with Crippen molar-refractivity contribution < 1.29 is 4.79 Å². The zero-order chi connectivity index (χ0) is 10.7. The SMILES string of the molecule is Cc1cnc(C=O)c(-c2ccncc2)c1. The predicted octanol–water partition coefficient (Wildman–Crippen LogP) is 2.26. The first-order valence-corrected chi connectivity index (χ1v) is 4.63. The molecule has 0 bridgehead atoms. The number of aromatic nitrogens is 2. The van der Waals surface area contributed by atoms with Crippen LogP contribution >= 0.6 is 0 Å². The van der Waals surface area contributed by atoms with E-state index in [4.69, 9.17) is 0 Å². The number of hydrogen-bond acceptors (Lipinski definition) is 3. The molecule has 0 aliphatic rings. The third-order valence-electron chi connectivity index (χ3n) is 2.16. The van der Waals surface area contributed by atoms with Crippen molar-refractivity contribution in [3.8, 4) is 11.1 Å². The molecule has 0 spiro atoms. The molecule has 0 N–H and O–H groups in total. The summed E-state index contributed by atoms with van der Waals surface area (Å²) >= 11 is 0. The van der Waals surface area contributed by atoms with Crippen LogP contribution in [0.15, 0.2) is 36.8 Å². The van der Waals surface area contributed by atoms with E-state index in [2.05, 4.69) is 9.97 Å². The minimum Gasteiger partial charge on any atom is -0.296 e. The van der Waals surface area contributed by atoms with Crippen molar-refractivity contribution in [2.75, 3.05) is 0 Å². The van der Waals surface area contributed by atoms with E-state index in [0.717, 1.165) is 23.0 Å². The summed E-state index contributed by atoms with van der Waals surface area (Å²) in [7, 11) is 0. The van der Waals surface area contributed by atoms with Crippen molar-refractivity contribution in [1.29, 1.82) is 0 Å². The van der Waals surface area contributed by atoms with Crippen LogP contribution in [0, 0.1) is 6.92 Å². The van der Waals surface area contributed by atoms with Gasteiger partial charge in [-0.1, -0.05) is 0 Å². The molecule has 0 fully saturated rings. The quantitative estimate of drug-likeness (QED) is 0.695. The van der Waals surface area contributed by atoms with Gasteiger partial charge in [-0.25, -0.2) is 0 Å². The molecule has 74 valence electrons. The topological polar surface area (TPSA) is 42.9 Å². The summed E-state index contributed by atoms with van der Waals surface area (Å²) in [6, 6.07) is 5.68. The van der Waals surface area contributed by atoms with Gasteiger partial charge >= 0.3 is 0 Å². The van der Waals surface area contributed by atoms with Gasteiger partial charge in [0.05, 0.1) is 0 Å². The number of hydrogen-bond donors (Lipinski definition) is 0. The number of aryl methyl sites for hydroxylation is 1. The van der Waals surface area contributed by atoms with E-state index < -0.39 is 0 Å². The maximum Gasteiger partial charge on any atom is 0.169 e. The fourth-order valence-corrected chi connectivity index (χ4v) is 1.44. The Morgan fingerprint density at radius 2 is 2.00 bits per heavy atom. The highest BCUT2D eigenvalue weighted by Gasteiger charge is 2.05. The number of carbonyl (C=O) groups excluding carboxylic acids is 1. The molecule has 0 amide bonds. The third-order valence-corrected chi connectivity index (χ3v) is 2.16. The second kappa shape index (κ2) is 4.00. The van der Waals surface area contributed by atoms with E-state index in [9.17, 15) is 4.79 Å². The van der Waals surface area contributed by atoms with E-state index in [1.54, 1.807) is 18.6 Å². The monoisotopic (exact) mass is 198 g/mol. The smallest absolute Gasteiger partial charge is 0.169 e. The van der Waals surface area contributed by atoms with Gasteiger partial charge in [0.15, 0.2) is 6.29 Å². The molecule has 0 unspecified atom stereocenters. The molecule has 2 aromatic heterocycles. The molecular formula is C12H10N2O. The van der Waals surface area contributed by atoms with Crippen LogP contribution in [0.2, 0.25) is 0 Å². The molecule has 0 radical (unpaired) electrons. The summed E-state index contributed by atoms with van der Waals surface area (Å²) in [6.45, 7) is 1.95. The lowest BCUT2D eigenvalue weighted by Gasteiger charge is -2.04. The molecule has 2 heterocycles. The number of rotatable bonds is 2. The van der Waals surface area contributed by atoms with Crippen LogP contribution in [-0.4, -0.2) is 16.3 Å². The second-order valence-corrected chi connectivity index (χ2v) is 3.30. The number of nitrogens with zero attached hydrogens (tertiary/aromatic N) is 2. The maximum absolute atomic E-state index is 10.8. The largest absolute Gasteiger partial charge is 0.296 e. The standard InChI is InChI=1S/C12H10N2O/c1-9-6-11(12(8-15)14-7-9)10-2-4-13-5-3-10/h2-8H,1H3. The lowest BCUT2D eigenvalue weighted by molar-refractivity contribution is 0.111. The highest BCUT2D eigenvalue weighted by Crippen LogP contribution is 2.21. The highest BCUT2D eigenvalue weighted by molar-refractivity contribution is 5.85. The minimum atomic E-state index is 0.465. The van der Waals surface area contributed by atoms with Crippen LogP contribution in [0.5, 0.6) is 0 Å². The molecule has 0 saturated heterocycles. The summed E-state index contributed by atoms with van der Waals surface area (Å²) in [5, 5.41) is 0. The van der Waals surface area contributed by atoms with Gasteiger partial charge < -0.3 is 0 Å². The third kappa shape index (κ3) is 1.91. The second-order valence-electron chi connectivity index (χ2n) is 3.30. The maximum atomic E-state index is 10.8. The predicted molar refractivity (Wildman–Crippen MR) is 57.6 cm³/mol.